The summed E-state index contributed by atoms with van der Waals surface area (Å²) in [5.74, 6) is -0.221. The van der Waals surface area contributed by atoms with Crippen LogP contribution in [0.5, 0.6) is 0 Å². The van der Waals surface area contributed by atoms with E-state index in [1.807, 2.05) is 27.7 Å². The van der Waals surface area contributed by atoms with Crippen LogP contribution in [0, 0.1) is 10.8 Å². The van der Waals surface area contributed by atoms with E-state index < -0.39 is 10.8 Å². The molecular weight excluding hydrogens is 352 g/mol. The quantitative estimate of drug-likeness (QED) is 0.275. The summed E-state index contributed by atoms with van der Waals surface area (Å²) >= 11 is 0. The van der Waals surface area contributed by atoms with Gasteiger partial charge in [-0.2, -0.15) is 0 Å². The second-order valence-electron chi connectivity index (χ2n) is 9.90. The fourth-order valence-corrected chi connectivity index (χ4v) is 3.78. The molecule has 1 aliphatic rings. The molecule has 0 N–H and O–H groups in total. The van der Waals surface area contributed by atoms with Crippen LogP contribution in [-0.4, -0.2) is 24.1 Å². The molecular formula is C24H44O4. The summed E-state index contributed by atoms with van der Waals surface area (Å²) in [6.07, 6.45) is 11.4. The van der Waals surface area contributed by atoms with E-state index in [1.54, 1.807) is 0 Å². The molecule has 0 radical (unpaired) electrons. The first-order chi connectivity index (χ1) is 13.1. The number of hydrogen-bond donors (Lipinski definition) is 0. The van der Waals surface area contributed by atoms with Crippen LogP contribution in [0.3, 0.4) is 0 Å². The molecule has 0 amide bonds. The Kier molecular flexibility index (Phi) is 10.5. The van der Waals surface area contributed by atoms with Gasteiger partial charge in [-0.15, -0.1) is 0 Å². The van der Waals surface area contributed by atoms with Crippen molar-refractivity contribution >= 4 is 11.9 Å². The summed E-state index contributed by atoms with van der Waals surface area (Å²) in [6, 6.07) is 0. The minimum Gasteiger partial charge on any atom is -0.462 e. The fourth-order valence-electron chi connectivity index (χ4n) is 3.78. The van der Waals surface area contributed by atoms with Gasteiger partial charge in [0.15, 0.2) is 0 Å². The Balaban J connectivity index is 2.50. The molecule has 0 aromatic rings. The molecule has 0 aromatic heterocycles. The first-order valence-electron chi connectivity index (χ1n) is 11.5. The zero-order valence-corrected chi connectivity index (χ0v) is 19.3. The second-order valence-corrected chi connectivity index (χ2v) is 9.90. The second kappa shape index (κ2) is 11.8. The lowest BCUT2D eigenvalue weighted by Crippen LogP contribution is -2.37. The highest BCUT2D eigenvalue weighted by atomic mass is 16.6. The zero-order valence-electron chi connectivity index (χ0n) is 19.3. The van der Waals surface area contributed by atoms with E-state index in [1.165, 1.54) is 0 Å². The van der Waals surface area contributed by atoms with Gasteiger partial charge in [-0.1, -0.05) is 52.4 Å². The van der Waals surface area contributed by atoms with Gasteiger partial charge in [0.25, 0.3) is 0 Å². The maximum Gasteiger partial charge on any atom is 0.311 e. The van der Waals surface area contributed by atoms with Gasteiger partial charge in [-0.25, -0.2) is 0 Å². The van der Waals surface area contributed by atoms with Crippen molar-refractivity contribution in [2.24, 2.45) is 10.8 Å². The molecule has 2 unspecified atom stereocenters. The minimum atomic E-state index is -0.444. The van der Waals surface area contributed by atoms with Crippen LogP contribution in [0.2, 0.25) is 0 Å². The fraction of sp³-hybridized carbons (Fsp3) is 0.917. The van der Waals surface area contributed by atoms with Crippen molar-refractivity contribution in [1.82, 2.24) is 0 Å². The number of unbranched alkanes of at least 4 members (excludes halogenated alkanes) is 4. The molecule has 1 fully saturated rings. The molecule has 4 heteroatoms. The van der Waals surface area contributed by atoms with Crippen molar-refractivity contribution in [2.45, 2.75) is 131 Å². The van der Waals surface area contributed by atoms with Crippen molar-refractivity contribution in [1.29, 1.82) is 0 Å². The van der Waals surface area contributed by atoms with Crippen LogP contribution in [-0.2, 0) is 19.1 Å². The predicted octanol–water partition coefficient (Wildman–Crippen LogP) is 6.60. The van der Waals surface area contributed by atoms with E-state index in [0.29, 0.717) is 6.42 Å². The molecule has 0 aliphatic heterocycles. The summed E-state index contributed by atoms with van der Waals surface area (Å²) in [6.45, 7) is 12.2. The average molecular weight is 397 g/mol. The highest BCUT2D eigenvalue weighted by molar-refractivity contribution is 5.76. The van der Waals surface area contributed by atoms with Crippen LogP contribution < -0.4 is 0 Å². The van der Waals surface area contributed by atoms with Crippen molar-refractivity contribution in [3.8, 4) is 0 Å². The lowest BCUT2D eigenvalue weighted by Gasteiger charge is -2.33. The molecule has 0 saturated heterocycles. The maximum atomic E-state index is 12.6. The molecule has 0 bridgehead atoms. The predicted molar refractivity (Wildman–Crippen MR) is 114 cm³/mol. The molecule has 0 aromatic carbocycles. The summed E-state index contributed by atoms with van der Waals surface area (Å²) in [4.78, 5) is 25.3. The van der Waals surface area contributed by atoms with Gasteiger partial charge >= 0.3 is 11.9 Å². The first kappa shape index (κ1) is 25.0. The lowest BCUT2D eigenvalue weighted by molar-refractivity contribution is -0.170. The third kappa shape index (κ3) is 8.53. The summed E-state index contributed by atoms with van der Waals surface area (Å²) in [5.41, 5.74) is -0.889. The Labute approximate surface area is 173 Å². The van der Waals surface area contributed by atoms with E-state index >= 15 is 0 Å². The van der Waals surface area contributed by atoms with E-state index in [2.05, 4.69) is 13.8 Å². The Morgan fingerprint density at radius 2 is 1.14 bits per heavy atom. The summed E-state index contributed by atoms with van der Waals surface area (Å²) in [7, 11) is 0. The van der Waals surface area contributed by atoms with Crippen LogP contribution in [0.1, 0.15) is 119 Å². The Morgan fingerprint density at radius 1 is 0.750 bits per heavy atom. The Hall–Kier alpha value is -1.06. The summed E-state index contributed by atoms with van der Waals surface area (Å²) in [5, 5.41) is 0. The highest BCUT2D eigenvalue weighted by Crippen LogP contribution is 2.32. The average Bonchev–Trinajstić information content (AvgIpc) is 2.62. The van der Waals surface area contributed by atoms with E-state index in [4.69, 9.17) is 9.47 Å². The molecule has 2 atom stereocenters. The SMILES string of the molecule is CCCCCC(C)(C)C(=O)OC1CCCC(OC(=O)C(C)(C)CCCCC)C1. The van der Waals surface area contributed by atoms with Crippen molar-refractivity contribution in [2.75, 3.05) is 0 Å². The Bertz CT molecular complexity index is 439. The van der Waals surface area contributed by atoms with Gasteiger partial charge < -0.3 is 9.47 Å². The first-order valence-corrected chi connectivity index (χ1v) is 11.5. The highest BCUT2D eigenvalue weighted by Gasteiger charge is 2.36. The number of hydrogen-bond acceptors (Lipinski definition) is 4. The minimum absolute atomic E-state index is 0.111. The van der Waals surface area contributed by atoms with Crippen molar-refractivity contribution < 1.29 is 19.1 Å². The van der Waals surface area contributed by atoms with Gasteiger partial charge in [0.1, 0.15) is 12.2 Å². The molecule has 1 aliphatic carbocycles. The normalized spacial score (nSPS) is 20.6. The molecule has 4 nitrogen and oxygen atoms in total. The van der Waals surface area contributed by atoms with Gasteiger partial charge in [-0.3, -0.25) is 9.59 Å². The molecule has 1 rings (SSSR count). The summed E-state index contributed by atoms with van der Waals surface area (Å²) < 4.78 is 11.7. The van der Waals surface area contributed by atoms with Crippen molar-refractivity contribution in [3.63, 3.8) is 0 Å². The molecule has 164 valence electrons. The third-order valence-corrected chi connectivity index (χ3v) is 6.04. The standard InChI is InChI=1S/C24H44O4/c1-7-9-11-16-23(3,4)21(25)27-19-14-13-15-20(18-19)28-22(26)24(5,6)17-12-10-8-2/h19-20H,7-18H2,1-6H3. The molecule has 1 saturated carbocycles. The van der Waals surface area contributed by atoms with Gasteiger partial charge in [-0.05, 0) is 59.8 Å². The van der Waals surface area contributed by atoms with E-state index in [-0.39, 0.29) is 24.1 Å². The van der Waals surface area contributed by atoms with Gasteiger partial charge in [0.05, 0.1) is 10.8 Å². The topological polar surface area (TPSA) is 52.6 Å². The van der Waals surface area contributed by atoms with Gasteiger partial charge in [0, 0.05) is 6.42 Å². The zero-order chi connectivity index (χ0) is 21.2. The molecule has 0 heterocycles. The number of carbonyl (C=O) groups is 2. The van der Waals surface area contributed by atoms with E-state index in [0.717, 1.165) is 70.6 Å². The number of esters is 2. The lowest BCUT2D eigenvalue weighted by atomic mass is 9.86. The third-order valence-electron chi connectivity index (χ3n) is 6.04. The smallest absolute Gasteiger partial charge is 0.311 e. The molecule has 0 spiro atoms. The van der Waals surface area contributed by atoms with E-state index in [9.17, 15) is 9.59 Å². The maximum absolute atomic E-state index is 12.6. The van der Waals surface area contributed by atoms with Crippen LogP contribution in [0.15, 0.2) is 0 Å². The van der Waals surface area contributed by atoms with Crippen LogP contribution >= 0.6 is 0 Å². The monoisotopic (exact) mass is 396 g/mol. The van der Waals surface area contributed by atoms with Gasteiger partial charge in [0.2, 0.25) is 0 Å². The van der Waals surface area contributed by atoms with Crippen LogP contribution in [0.4, 0.5) is 0 Å². The number of rotatable bonds is 12. The number of ether oxygens (including phenoxy) is 2. The Morgan fingerprint density at radius 3 is 1.50 bits per heavy atom. The van der Waals surface area contributed by atoms with Crippen molar-refractivity contribution in [3.05, 3.63) is 0 Å². The number of carbonyl (C=O) groups excluding carboxylic acids is 2. The molecule has 28 heavy (non-hydrogen) atoms. The largest absolute Gasteiger partial charge is 0.462 e. The van der Waals surface area contributed by atoms with Crippen LogP contribution in [0.25, 0.3) is 0 Å².